The molecule has 1 heterocycles. The number of aliphatic carboxylic acids is 1. The third-order valence-electron chi connectivity index (χ3n) is 4.34. The standard InChI is InChI=1S/C17H23F2N3O3/c1-21(11-17(24)25)15-2-4-22(5-3-15)10-16(23)20-9-12-6-13(18)8-14(19)7-12/h6-8,15H,2-5,9-11H2,1H3,(H,20,23)(H,24,25). The first-order valence-corrected chi connectivity index (χ1v) is 8.19. The Labute approximate surface area is 145 Å². The molecule has 0 aromatic heterocycles. The van der Waals surface area contributed by atoms with Crippen LogP contribution in [0.4, 0.5) is 8.78 Å². The van der Waals surface area contributed by atoms with Gasteiger partial charge in [-0.1, -0.05) is 0 Å². The van der Waals surface area contributed by atoms with Gasteiger partial charge in [-0.05, 0) is 37.6 Å². The van der Waals surface area contributed by atoms with Crippen molar-refractivity contribution < 1.29 is 23.5 Å². The van der Waals surface area contributed by atoms with Gasteiger partial charge in [0.25, 0.3) is 0 Å². The predicted molar refractivity (Wildman–Crippen MR) is 87.9 cm³/mol. The Bertz CT molecular complexity index is 599. The molecule has 0 aliphatic carbocycles. The van der Waals surface area contributed by atoms with Crippen LogP contribution < -0.4 is 5.32 Å². The molecule has 138 valence electrons. The molecule has 0 radical (unpaired) electrons. The average molecular weight is 355 g/mol. The van der Waals surface area contributed by atoms with Crippen molar-refractivity contribution >= 4 is 11.9 Å². The Balaban J connectivity index is 1.72. The molecule has 0 saturated carbocycles. The van der Waals surface area contributed by atoms with Gasteiger partial charge in [0.05, 0.1) is 13.1 Å². The van der Waals surface area contributed by atoms with Gasteiger partial charge < -0.3 is 10.4 Å². The molecule has 0 bridgehead atoms. The lowest BCUT2D eigenvalue weighted by Crippen LogP contribution is -2.47. The van der Waals surface area contributed by atoms with E-state index in [0.717, 1.165) is 18.9 Å². The number of nitrogens with one attached hydrogen (secondary N) is 1. The molecule has 0 atom stereocenters. The highest BCUT2D eigenvalue weighted by atomic mass is 19.1. The number of halogens is 2. The van der Waals surface area contributed by atoms with Gasteiger partial charge in [0.15, 0.2) is 0 Å². The number of likely N-dealkylation sites (N-methyl/N-ethyl adjacent to an activating group) is 1. The van der Waals surface area contributed by atoms with Crippen LogP contribution >= 0.6 is 0 Å². The van der Waals surface area contributed by atoms with Crippen LogP contribution in [0, 0.1) is 11.6 Å². The molecule has 2 rings (SSSR count). The number of carboxylic acid groups (broad SMARTS) is 1. The minimum Gasteiger partial charge on any atom is -0.480 e. The van der Waals surface area contributed by atoms with E-state index < -0.39 is 17.6 Å². The first kappa shape index (κ1) is 19.3. The van der Waals surface area contributed by atoms with Crippen LogP contribution in [-0.4, -0.2) is 66.1 Å². The molecule has 2 N–H and O–H groups in total. The number of piperidine rings is 1. The summed E-state index contributed by atoms with van der Waals surface area (Å²) in [6, 6.07) is 3.36. The molecular weight excluding hydrogens is 332 g/mol. The Kier molecular flexibility index (Phi) is 6.83. The number of hydrogen-bond donors (Lipinski definition) is 2. The number of amides is 1. The highest BCUT2D eigenvalue weighted by Crippen LogP contribution is 2.15. The highest BCUT2D eigenvalue weighted by Gasteiger charge is 2.24. The summed E-state index contributed by atoms with van der Waals surface area (Å²) in [5, 5.41) is 11.5. The molecule has 0 unspecified atom stereocenters. The zero-order valence-electron chi connectivity index (χ0n) is 14.2. The van der Waals surface area contributed by atoms with Crippen LogP contribution in [-0.2, 0) is 16.1 Å². The summed E-state index contributed by atoms with van der Waals surface area (Å²) in [5.74, 6) is -2.39. The van der Waals surface area contributed by atoms with Gasteiger partial charge in [-0.25, -0.2) is 8.78 Å². The number of hydrogen-bond acceptors (Lipinski definition) is 4. The SMILES string of the molecule is CN(CC(=O)O)C1CCN(CC(=O)NCc2cc(F)cc(F)c2)CC1. The number of carbonyl (C=O) groups is 2. The van der Waals surface area contributed by atoms with E-state index in [9.17, 15) is 18.4 Å². The lowest BCUT2D eigenvalue weighted by Gasteiger charge is -2.35. The van der Waals surface area contributed by atoms with Gasteiger partial charge in [-0.3, -0.25) is 19.4 Å². The molecule has 1 aromatic rings. The first-order chi connectivity index (χ1) is 11.8. The van der Waals surface area contributed by atoms with E-state index in [2.05, 4.69) is 5.32 Å². The normalized spacial score (nSPS) is 16.2. The van der Waals surface area contributed by atoms with Crippen molar-refractivity contribution in [2.75, 3.05) is 33.2 Å². The van der Waals surface area contributed by atoms with E-state index in [4.69, 9.17) is 5.11 Å². The van der Waals surface area contributed by atoms with Crippen molar-refractivity contribution in [2.24, 2.45) is 0 Å². The zero-order chi connectivity index (χ0) is 18.4. The second-order valence-electron chi connectivity index (χ2n) is 6.37. The van der Waals surface area contributed by atoms with Crippen LogP contribution in [0.15, 0.2) is 18.2 Å². The minimum atomic E-state index is -0.849. The fraction of sp³-hybridized carbons (Fsp3) is 0.529. The largest absolute Gasteiger partial charge is 0.480 e. The van der Waals surface area contributed by atoms with Gasteiger partial charge in [-0.15, -0.1) is 0 Å². The number of benzene rings is 1. The Hall–Kier alpha value is -2.06. The molecule has 1 fully saturated rings. The summed E-state index contributed by atoms with van der Waals surface area (Å²) in [5.41, 5.74) is 0.375. The molecule has 0 spiro atoms. The molecular formula is C17H23F2N3O3. The van der Waals surface area contributed by atoms with E-state index in [-0.39, 0.29) is 31.6 Å². The molecule has 1 aliphatic heterocycles. The monoisotopic (exact) mass is 355 g/mol. The topological polar surface area (TPSA) is 72.9 Å². The molecule has 1 aromatic carbocycles. The lowest BCUT2D eigenvalue weighted by atomic mass is 10.0. The summed E-state index contributed by atoms with van der Waals surface area (Å²) < 4.78 is 26.2. The van der Waals surface area contributed by atoms with Crippen LogP contribution in [0.1, 0.15) is 18.4 Å². The summed E-state index contributed by atoms with van der Waals surface area (Å²) in [4.78, 5) is 26.5. The van der Waals surface area contributed by atoms with E-state index in [1.54, 1.807) is 7.05 Å². The number of rotatable bonds is 7. The van der Waals surface area contributed by atoms with E-state index >= 15 is 0 Å². The summed E-state index contributed by atoms with van der Waals surface area (Å²) >= 11 is 0. The fourth-order valence-electron chi connectivity index (χ4n) is 3.03. The van der Waals surface area contributed by atoms with Crippen LogP contribution in [0.5, 0.6) is 0 Å². The fourth-order valence-corrected chi connectivity index (χ4v) is 3.03. The van der Waals surface area contributed by atoms with E-state index in [1.165, 1.54) is 12.1 Å². The maximum atomic E-state index is 13.1. The van der Waals surface area contributed by atoms with Gasteiger partial charge in [-0.2, -0.15) is 0 Å². The van der Waals surface area contributed by atoms with E-state index in [1.807, 2.05) is 9.80 Å². The Morgan fingerprint density at radius 3 is 2.40 bits per heavy atom. The molecule has 1 saturated heterocycles. The van der Waals surface area contributed by atoms with Gasteiger partial charge in [0.1, 0.15) is 11.6 Å². The first-order valence-electron chi connectivity index (χ1n) is 8.19. The average Bonchev–Trinajstić information content (AvgIpc) is 2.52. The molecule has 25 heavy (non-hydrogen) atoms. The minimum absolute atomic E-state index is 0.00927. The second kappa shape index (κ2) is 8.87. The van der Waals surface area contributed by atoms with Gasteiger partial charge in [0, 0.05) is 31.7 Å². The third-order valence-corrected chi connectivity index (χ3v) is 4.34. The van der Waals surface area contributed by atoms with Crippen molar-refractivity contribution in [2.45, 2.75) is 25.4 Å². The Morgan fingerprint density at radius 1 is 1.24 bits per heavy atom. The predicted octanol–water partition coefficient (Wildman–Crippen LogP) is 1.06. The van der Waals surface area contributed by atoms with Crippen molar-refractivity contribution in [3.63, 3.8) is 0 Å². The third kappa shape index (κ3) is 6.39. The van der Waals surface area contributed by atoms with Crippen LogP contribution in [0.2, 0.25) is 0 Å². The summed E-state index contributed by atoms with van der Waals surface area (Å²) in [7, 11) is 1.79. The second-order valence-corrected chi connectivity index (χ2v) is 6.37. The summed E-state index contributed by atoms with van der Waals surface area (Å²) in [6.07, 6.45) is 1.60. The zero-order valence-corrected chi connectivity index (χ0v) is 14.2. The van der Waals surface area contributed by atoms with Crippen molar-refractivity contribution in [1.82, 2.24) is 15.1 Å². The lowest BCUT2D eigenvalue weighted by molar-refractivity contribution is -0.138. The maximum absolute atomic E-state index is 13.1. The van der Waals surface area contributed by atoms with Crippen LogP contribution in [0.25, 0.3) is 0 Å². The van der Waals surface area contributed by atoms with Crippen molar-refractivity contribution in [1.29, 1.82) is 0 Å². The summed E-state index contributed by atoms with van der Waals surface area (Å²) in [6.45, 7) is 1.71. The number of carbonyl (C=O) groups excluding carboxylic acids is 1. The Morgan fingerprint density at radius 2 is 1.84 bits per heavy atom. The van der Waals surface area contributed by atoms with Crippen molar-refractivity contribution in [3.05, 3.63) is 35.4 Å². The van der Waals surface area contributed by atoms with Gasteiger partial charge >= 0.3 is 5.97 Å². The number of carboxylic acids is 1. The number of likely N-dealkylation sites (tertiary alicyclic amines) is 1. The maximum Gasteiger partial charge on any atom is 0.317 e. The smallest absolute Gasteiger partial charge is 0.317 e. The van der Waals surface area contributed by atoms with Gasteiger partial charge in [0.2, 0.25) is 5.91 Å². The van der Waals surface area contributed by atoms with E-state index in [0.29, 0.717) is 18.7 Å². The molecule has 8 heteroatoms. The van der Waals surface area contributed by atoms with Crippen molar-refractivity contribution in [3.8, 4) is 0 Å². The quantitative estimate of drug-likeness (QED) is 0.765. The highest BCUT2D eigenvalue weighted by molar-refractivity contribution is 5.78. The van der Waals surface area contributed by atoms with Crippen LogP contribution in [0.3, 0.4) is 0 Å². The molecule has 1 amide bonds. The molecule has 6 nitrogen and oxygen atoms in total. The number of nitrogens with zero attached hydrogens (tertiary/aromatic N) is 2. The molecule has 1 aliphatic rings.